The molecule has 0 fully saturated rings. The van der Waals surface area contributed by atoms with Crippen LogP contribution >= 0.6 is 0 Å². The van der Waals surface area contributed by atoms with Crippen LogP contribution in [0.1, 0.15) is 46.2 Å². The lowest BCUT2D eigenvalue weighted by Crippen LogP contribution is -2.43. The zero-order chi connectivity index (χ0) is 21.0. The minimum Gasteiger partial charge on any atom is -0.444 e. The number of amides is 2. The Morgan fingerprint density at radius 3 is 2.29 bits per heavy atom. The highest BCUT2D eigenvalue weighted by atomic mass is 16.6. The van der Waals surface area contributed by atoms with Crippen LogP contribution in [0, 0.1) is 0 Å². The monoisotopic (exact) mass is 393 g/mol. The number of nitrogens with zero attached hydrogens (tertiary/aromatic N) is 1. The normalized spacial score (nSPS) is 12.5. The summed E-state index contributed by atoms with van der Waals surface area (Å²) in [5, 5.41) is 5.47. The van der Waals surface area contributed by atoms with Gasteiger partial charge in [0.05, 0.1) is 13.2 Å². The molecule has 158 valence electrons. The maximum Gasteiger partial charge on any atom is 0.408 e. The summed E-state index contributed by atoms with van der Waals surface area (Å²) in [7, 11) is 0. The van der Waals surface area contributed by atoms with E-state index in [0.29, 0.717) is 25.3 Å². The summed E-state index contributed by atoms with van der Waals surface area (Å²) in [6.07, 6.45) is -0.632. The highest BCUT2D eigenvalue weighted by molar-refractivity contribution is 5.86. The van der Waals surface area contributed by atoms with E-state index in [9.17, 15) is 9.59 Å². The molecule has 1 atom stereocenters. The van der Waals surface area contributed by atoms with Crippen LogP contribution in [0.25, 0.3) is 0 Å². The molecule has 0 aliphatic heterocycles. The van der Waals surface area contributed by atoms with Crippen LogP contribution < -0.4 is 10.6 Å². The van der Waals surface area contributed by atoms with Crippen molar-refractivity contribution in [3.63, 3.8) is 0 Å². The van der Waals surface area contributed by atoms with Crippen molar-refractivity contribution in [1.82, 2.24) is 15.5 Å². The van der Waals surface area contributed by atoms with Crippen molar-refractivity contribution in [2.24, 2.45) is 0 Å². The summed E-state index contributed by atoms with van der Waals surface area (Å²) < 4.78 is 10.9. The molecular formula is C21H35N3O4. The van der Waals surface area contributed by atoms with E-state index >= 15 is 0 Å². The van der Waals surface area contributed by atoms with Gasteiger partial charge in [-0.05, 0) is 39.4 Å². The Morgan fingerprint density at radius 2 is 1.71 bits per heavy atom. The van der Waals surface area contributed by atoms with Gasteiger partial charge in [-0.2, -0.15) is 0 Å². The summed E-state index contributed by atoms with van der Waals surface area (Å²) in [4.78, 5) is 27.0. The molecule has 2 amide bonds. The Morgan fingerprint density at radius 1 is 1.07 bits per heavy atom. The van der Waals surface area contributed by atoms with Crippen LogP contribution in [-0.2, 0) is 14.3 Å². The molecule has 0 saturated carbocycles. The Labute approximate surface area is 168 Å². The molecule has 1 unspecified atom stereocenters. The molecule has 7 heteroatoms. The molecule has 0 radical (unpaired) electrons. The van der Waals surface area contributed by atoms with Crippen molar-refractivity contribution in [3.8, 4) is 0 Å². The van der Waals surface area contributed by atoms with E-state index in [4.69, 9.17) is 9.47 Å². The molecule has 0 aromatic heterocycles. The first-order chi connectivity index (χ1) is 13.3. The van der Waals surface area contributed by atoms with Gasteiger partial charge in [0.25, 0.3) is 0 Å². The molecule has 1 aromatic carbocycles. The Kier molecular flexibility index (Phi) is 10.6. The summed E-state index contributed by atoms with van der Waals surface area (Å²) in [6.45, 7) is 13.8. The average Bonchev–Trinajstić information content (AvgIpc) is 2.64. The zero-order valence-electron chi connectivity index (χ0n) is 17.8. The Bertz CT molecular complexity index is 583. The molecule has 2 N–H and O–H groups in total. The second kappa shape index (κ2) is 12.4. The first-order valence-corrected chi connectivity index (χ1v) is 9.89. The third kappa shape index (κ3) is 9.71. The van der Waals surface area contributed by atoms with Gasteiger partial charge >= 0.3 is 6.09 Å². The molecule has 1 rings (SSSR count). The van der Waals surface area contributed by atoms with Gasteiger partial charge in [-0.25, -0.2) is 4.79 Å². The van der Waals surface area contributed by atoms with Crippen molar-refractivity contribution in [3.05, 3.63) is 35.9 Å². The predicted molar refractivity (Wildman–Crippen MR) is 110 cm³/mol. The number of rotatable bonds is 11. The number of ether oxygens (including phenoxy) is 2. The number of hydrogen-bond donors (Lipinski definition) is 2. The first-order valence-electron chi connectivity index (χ1n) is 9.89. The predicted octanol–water partition coefficient (Wildman–Crippen LogP) is 2.73. The van der Waals surface area contributed by atoms with Crippen LogP contribution in [0.15, 0.2) is 30.3 Å². The molecular weight excluding hydrogens is 358 g/mol. The molecule has 0 bridgehead atoms. The smallest absolute Gasteiger partial charge is 0.408 e. The number of carbonyl (C=O) groups excluding carboxylic acids is 2. The molecule has 28 heavy (non-hydrogen) atoms. The molecule has 0 aliphatic rings. The number of alkyl carbamates (subject to hydrolysis) is 1. The van der Waals surface area contributed by atoms with Crippen LogP contribution in [0.5, 0.6) is 0 Å². The van der Waals surface area contributed by atoms with Gasteiger partial charge < -0.3 is 25.0 Å². The summed E-state index contributed by atoms with van der Waals surface area (Å²) >= 11 is 0. The van der Waals surface area contributed by atoms with Crippen LogP contribution in [0.3, 0.4) is 0 Å². The summed E-state index contributed by atoms with van der Waals surface area (Å²) in [5.41, 5.74) is 0.0499. The number of hydrogen-bond acceptors (Lipinski definition) is 5. The highest BCUT2D eigenvalue weighted by Gasteiger charge is 2.25. The minimum atomic E-state index is -0.827. The third-order valence-corrected chi connectivity index (χ3v) is 4.05. The average molecular weight is 394 g/mol. The highest BCUT2D eigenvalue weighted by Crippen LogP contribution is 2.14. The lowest BCUT2D eigenvalue weighted by Gasteiger charge is -2.23. The van der Waals surface area contributed by atoms with Crippen molar-refractivity contribution in [1.29, 1.82) is 0 Å². The van der Waals surface area contributed by atoms with Crippen molar-refractivity contribution < 1.29 is 19.1 Å². The van der Waals surface area contributed by atoms with Crippen LogP contribution in [0.4, 0.5) is 4.79 Å². The molecule has 1 aromatic rings. The Hall–Kier alpha value is -2.12. The van der Waals surface area contributed by atoms with Gasteiger partial charge in [0.15, 0.2) is 0 Å². The van der Waals surface area contributed by atoms with Crippen LogP contribution in [-0.4, -0.2) is 61.9 Å². The van der Waals surface area contributed by atoms with Gasteiger partial charge in [0.1, 0.15) is 11.6 Å². The minimum absolute atomic E-state index is 0.301. The van der Waals surface area contributed by atoms with Crippen molar-refractivity contribution in [2.75, 3.05) is 39.4 Å². The fourth-order valence-corrected chi connectivity index (χ4v) is 2.56. The first kappa shape index (κ1) is 23.9. The Balaban J connectivity index is 2.53. The SMILES string of the molecule is CCN(CC)CCOCCNC(=O)C(NC(=O)OC(C)(C)C)c1ccccc1. The lowest BCUT2D eigenvalue weighted by molar-refractivity contribution is -0.123. The van der Waals surface area contributed by atoms with E-state index in [2.05, 4.69) is 29.4 Å². The van der Waals surface area contributed by atoms with Gasteiger partial charge in [-0.3, -0.25) is 4.79 Å². The van der Waals surface area contributed by atoms with Gasteiger partial charge in [-0.15, -0.1) is 0 Å². The quantitative estimate of drug-likeness (QED) is 0.565. The standard InChI is InChI=1S/C21H35N3O4/c1-6-24(7-2)14-16-27-15-13-22-19(25)18(17-11-9-8-10-12-17)23-20(26)28-21(3,4)5/h8-12,18H,6-7,13-16H2,1-5H3,(H,22,25)(H,23,26). The molecule has 0 spiro atoms. The van der Waals surface area contributed by atoms with E-state index in [1.165, 1.54) is 0 Å². The fourth-order valence-electron chi connectivity index (χ4n) is 2.56. The number of likely N-dealkylation sites (N-methyl/N-ethyl adjacent to an activating group) is 1. The van der Waals surface area contributed by atoms with E-state index in [1.54, 1.807) is 32.9 Å². The van der Waals surface area contributed by atoms with Gasteiger partial charge in [0, 0.05) is 13.1 Å². The molecule has 0 saturated heterocycles. The topological polar surface area (TPSA) is 79.9 Å². The van der Waals surface area contributed by atoms with Crippen LogP contribution in [0.2, 0.25) is 0 Å². The number of carbonyl (C=O) groups is 2. The zero-order valence-corrected chi connectivity index (χ0v) is 17.8. The third-order valence-electron chi connectivity index (χ3n) is 4.05. The maximum atomic E-state index is 12.6. The van der Waals surface area contributed by atoms with E-state index in [1.807, 2.05) is 18.2 Å². The van der Waals surface area contributed by atoms with Crippen molar-refractivity contribution >= 4 is 12.0 Å². The molecule has 0 heterocycles. The second-order valence-corrected chi connectivity index (χ2v) is 7.42. The summed E-state index contributed by atoms with van der Waals surface area (Å²) in [6, 6.07) is 8.26. The van der Waals surface area contributed by atoms with Gasteiger partial charge in [0.2, 0.25) is 5.91 Å². The van der Waals surface area contributed by atoms with E-state index in [-0.39, 0.29) is 5.91 Å². The number of nitrogens with one attached hydrogen (secondary N) is 2. The second-order valence-electron chi connectivity index (χ2n) is 7.42. The molecule has 7 nitrogen and oxygen atoms in total. The van der Waals surface area contributed by atoms with E-state index < -0.39 is 17.7 Å². The van der Waals surface area contributed by atoms with Gasteiger partial charge in [-0.1, -0.05) is 44.2 Å². The van der Waals surface area contributed by atoms with E-state index in [0.717, 1.165) is 19.6 Å². The van der Waals surface area contributed by atoms with Crippen molar-refractivity contribution in [2.45, 2.75) is 46.3 Å². The maximum absolute atomic E-state index is 12.6. The largest absolute Gasteiger partial charge is 0.444 e. The fraction of sp³-hybridized carbons (Fsp3) is 0.619. The summed E-state index contributed by atoms with van der Waals surface area (Å²) in [5.74, 6) is -0.301. The lowest BCUT2D eigenvalue weighted by atomic mass is 10.1. The molecule has 0 aliphatic carbocycles. The number of benzene rings is 1.